The Hall–Kier alpha value is -1.28. The fourth-order valence-corrected chi connectivity index (χ4v) is 2.33. The monoisotopic (exact) mass is 248 g/mol. The molecule has 0 fully saturated rings. The number of benzene rings is 1. The molecule has 3 heteroatoms. The Labute approximate surface area is 107 Å². The van der Waals surface area contributed by atoms with Crippen LogP contribution in [0.25, 0.3) is 5.69 Å². The van der Waals surface area contributed by atoms with Crippen molar-refractivity contribution in [1.29, 1.82) is 0 Å². The second kappa shape index (κ2) is 4.53. The lowest BCUT2D eigenvalue weighted by molar-refractivity contribution is 0.832. The summed E-state index contributed by atoms with van der Waals surface area (Å²) in [4.78, 5) is 0. The first-order chi connectivity index (χ1) is 8.04. The van der Waals surface area contributed by atoms with Gasteiger partial charge in [0.25, 0.3) is 0 Å². The molecule has 0 saturated heterocycles. The summed E-state index contributed by atoms with van der Waals surface area (Å²) in [5, 5.41) is 5.37. The average Bonchev–Trinajstić information content (AvgIpc) is 2.58. The van der Waals surface area contributed by atoms with Crippen LogP contribution in [-0.4, -0.2) is 9.78 Å². The van der Waals surface area contributed by atoms with Crippen LogP contribution >= 0.6 is 11.6 Å². The molecule has 0 radical (unpaired) electrons. The highest BCUT2D eigenvalue weighted by Gasteiger charge is 2.11. The molecule has 0 unspecified atom stereocenters. The van der Waals surface area contributed by atoms with Gasteiger partial charge in [-0.3, -0.25) is 0 Å². The largest absolute Gasteiger partial charge is 0.238 e. The first-order valence-electron chi connectivity index (χ1n) is 5.86. The van der Waals surface area contributed by atoms with E-state index in [0.29, 0.717) is 0 Å². The third kappa shape index (κ3) is 2.09. The van der Waals surface area contributed by atoms with Gasteiger partial charge in [-0.25, -0.2) is 4.68 Å². The van der Waals surface area contributed by atoms with Crippen molar-refractivity contribution < 1.29 is 0 Å². The summed E-state index contributed by atoms with van der Waals surface area (Å²) in [5.41, 5.74) is 5.74. The summed E-state index contributed by atoms with van der Waals surface area (Å²) < 4.78 is 1.97. The van der Waals surface area contributed by atoms with Gasteiger partial charge < -0.3 is 0 Å². The zero-order chi connectivity index (χ0) is 12.6. The Kier molecular flexibility index (Phi) is 3.25. The number of rotatable bonds is 2. The SMILES string of the molecule is CCc1c(C)nn(-c2ccc(C)c(Cl)c2)c1C. The Balaban J connectivity index is 2.57. The van der Waals surface area contributed by atoms with Crippen LogP contribution in [0.4, 0.5) is 0 Å². The topological polar surface area (TPSA) is 17.8 Å². The van der Waals surface area contributed by atoms with Crippen molar-refractivity contribution in [1.82, 2.24) is 9.78 Å². The van der Waals surface area contributed by atoms with Crippen LogP contribution in [-0.2, 0) is 6.42 Å². The zero-order valence-corrected chi connectivity index (χ0v) is 11.5. The maximum atomic E-state index is 6.16. The third-order valence-corrected chi connectivity index (χ3v) is 3.60. The molecule has 0 saturated carbocycles. The van der Waals surface area contributed by atoms with Crippen molar-refractivity contribution in [3.8, 4) is 5.69 Å². The Morgan fingerprint density at radius 1 is 1.24 bits per heavy atom. The van der Waals surface area contributed by atoms with Gasteiger partial charge in [-0.05, 0) is 50.5 Å². The molecule has 2 nitrogen and oxygen atoms in total. The van der Waals surface area contributed by atoms with Gasteiger partial charge in [-0.1, -0.05) is 24.6 Å². The first kappa shape index (κ1) is 12.2. The number of hydrogen-bond donors (Lipinski definition) is 0. The first-order valence-corrected chi connectivity index (χ1v) is 6.24. The van der Waals surface area contributed by atoms with E-state index < -0.39 is 0 Å². The molecule has 0 aliphatic rings. The highest BCUT2D eigenvalue weighted by Crippen LogP contribution is 2.22. The summed E-state index contributed by atoms with van der Waals surface area (Å²) >= 11 is 6.16. The molecule has 2 aromatic rings. The molecule has 0 aliphatic heterocycles. The van der Waals surface area contributed by atoms with E-state index in [9.17, 15) is 0 Å². The second-order valence-corrected chi connectivity index (χ2v) is 4.76. The predicted molar refractivity (Wildman–Crippen MR) is 72.2 cm³/mol. The lowest BCUT2D eigenvalue weighted by atomic mass is 10.1. The third-order valence-electron chi connectivity index (χ3n) is 3.19. The Morgan fingerprint density at radius 3 is 2.47 bits per heavy atom. The van der Waals surface area contributed by atoms with E-state index in [1.165, 1.54) is 11.3 Å². The smallest absolute Gasteiger partial charge is 0.0663 e. The molecule has 17 heavy (non-hydrogen) atoms. The van der Waals surface area contributed by atoms with Crippen LogP contribution in [0.3, 0.4) is 0 Å². The van der Waals surface area contributed by atoms with Gasteiger partial charge in [0.2, 0.25) is 0 Å². The Bertz CT molecular complexity index is 556. The van der Waals surface area contributed by atoms with Gasteiger partial charge in [-0.15, -0.1) is 0 Å². The molecule has 1 heterocycles. The number of nitrogens with zero attached hydrogens (tertiary/aromatic N) is 2. The molecule has 0 spiro atoms. The van der Waals surface area contributed by atoms with Crippen molar-refractivity contribution in [3.63, 3.8) is 0 Å². The van der Waals surface area contributed by atoms with Gasteiger partial charge in [0.05, 0.1) is 11.4 Å². The quantitative estimate of drug-likeness (QED) is 0.785. The molecule has 1 aromatic carbocycles. The standard InChI is InChI=1S/C14H17ClN2/c1-5-13-10(3)16-17(11(13)4)12-7-6-9(2)14(15)8-12/h6-8H,5H2,1-4H3. The maximum absolute atomic E-state index is 6.16. The summed E-state index contributed by atoms with van der Waals surface area (Å²) in [5.74, 6) is 0. The Morgan fingerprint density at radius 2 is 1.94 bits per heavy atom. The fourth-order valence-electron chi connectivity index (χ4n) is 2.15. The zero-order valence-electron chi connectivity index (χ0n) is 10.7. The highest BCUT2D eigenvalue weighted by molar-refractivity contribution is 6.31. The molecule has 0 aliphatic carbocycles. The van der Waals surface area contributed by atoms with Gasteiger partial charge >= 0.3 is 0 Å². The van der Waals surface area contributed by atoms with Gasteiger partial charge in [0, 0.05) is 10.7 Å². The van der Waals surface area contributed by atoms with E-state index in [1.807, 2.05) is 23.7 Å². The molecule has 90 valence electrons. The molecule has 0 bridgehead atoms. The molecule has 0 N–H and O–H groups in total. The van der Waals surface area contributed by atoms with Crippen LogP contribution in [0.2, 0.25) is 5.02 Å². The number of aromatic nitrogens is 2. The van der Waals surface area contributed by atoms with Crippen LogP contribution in [0.5, 0.6) is 0 Å². The lowest BCUT2D eigenvalue weighted by Crippen LogP contribution is -1.99. The van der Waals surface area contributed by atoms with E-state index in [2.05, 4.69) is 31.9 Å². The van der Waals surface area contributed by atoms with Crippen LogP contribution < -0.4 is 0 Å². The van der Waals surface area contributed by atoms with Crippen molar-refractivity contribution in [2.24, 2.45) is 0 Å². The number of hydrogen-bond acceptors (Lipinski definition) is 1. The van der Waals surface area contributed by atoms with Crippen LogP contribution in [0.1, 0.15) is 29.4 Å². The fraction of sp³-hybridized carbons (Fsp3) is 0.357. The highest BCUT2D eigenvalue weighted by atomic mass is 35.5. The summed E-state index contributed by atoms with van der Waals surface area (Å²) in [6.45, 7) is 8.32. The second-order valence-electron chi connectivity index (χ2n) is 4.35. The molecule has 2 rings (SSSR count). The van der Waals surface area contributed by atoms with E-state index in [0.717, 1.165) is 28.4 Å². The lowest BCUT2D eigenvalue weighted by Gasteiger charge is -2.06. The summed E-state index contributed by atoms with van der Waals surface area (Å²) in [6.07, 6.45) is 1.01. The molecule has 1 aromatic heterocycles. The molecular weight excluding hydrogens is 232 g/mol. The number of halogens is 1. The van der Waals surface area contributed by atoms with E-state index in [1.54, 1.807) is 0 Å². The van der Waals surface area contributed by atoms with E-state index in [4.69, 9.17) is 11.6 Å². The maximum Gasteiger partial charge on any atom is 0.0663 e. The molecule has 0 atom stereocenters. The minimum atomic E-state index is 0.785. The van der Waals surface area contributed by atoms with Crippen molar-refractivity contribution in [2.75, 3.05) is 0 Å². The minimum absolute atomic E-state index is 0.785. The van der Waals surface area contributed by atoms with Gasteiger partial charge in [-0.2, -0.15) is 5.10 Å². The van der Waals surface area contributed by atoms with Crippen molar-refractivity contribution in [2.45, 2.75) is 34.1 Å². The van der Waals surface area contributed by atoms with E-state index >= 15 is 0 Å². The normalized spacial score (nSPS) is 10.9. The van der Waals surface area contributed by atoms with Crippen molar-refractivity contribution >= 4 is 11.6 Å². The van der Waals surface area contributed by atoms with Crippen LogP contribution in [0.15, 0.2) is 18.2 Å². The van der Waals surface area contributed by atoms with E-state index in [-0.39, 0.29) is 0 Å². The predicted octanol–water partition coefficient (Wildman–Crippen LogP) is 4.01. The summed E-state index contributed by atoms with van der Waals surface area (Å²) in [7, 11) is 0. The number of aryl methyl sites for hydroxylation is 2. The van der Waals surface area contributed by atoms with Gasteiger partial charge in [0.1, 0.15) is 0 Å². The summed E-state index contributed by atoms with van der Waals surface area (Å²) in [6, 6.07) is 6.05. The van der Waals surface area contributed by atoms with Crippen molar-refractivity contribution in [3.05, 3.63) is 45.7 Å². The van der Waals surface area contributed by atoms with Crippen LogP contribution in [0, 0.1) is 20.8 Å². The van der Waals surface area contributed by atoms with Gasteiger partial charge in [0.15, 0.2) is 0 Å². The minimum Gasteiger partial charge on any atom is -0.238 e. The average molecular weight is 249 g/mol. The molecule has 0 amide bonds. The molecular formula is C14H17ClN2.